The third kappa shape index (κ3) is 3.46. The molecule has 0 saturated heterocycles. The van der Waals surface area contributed by atoms with Crippen LogP contribution in [0.1, 0.15) is 30.0 Å². The summed E-state index contributed by atoms with van der Waals surface area (Å²) in [5, 5.41) is 2.36. The van der Waals surface area contributed by atoms with Crippen LogP contribution in [-0.4, -0.2) is 19.5 Å². The van der Waals surface area contributed by atoms with Crippen molar-refractivity contribution in [2.24, 2.45) is 0 Å². The molecule has 1 unspecified atom stereocenters. The maximum Gasteiger partial charge on any atom is 0.279 e. The molecule has 0 heterocycles. The Bertz CT molecular complexity index is 728. The minimum atomic E-state index is -0.760. The molecule has 0 aliphatic heterocycles. The van der Waals surface area contributed by atoms with Gasteiger partial charge in [-0.3, -0.25) is 4.79 Å². The monoisotopic (exact) mass is 331 g/mol. The molecule has 24 heavy (non-hydrogen) atoms. The number of carbonyl (C=O) groups is 1. The highest BCUT2D eigenvalue weighted by Crippen LogP contribution is 2.27. The molecule has 0 radical (unpaired) electrons. The van der Waals surface area contributed by atoms with Gasteiger partial charge in [-0.05, 0) is 30.5 Å². The van der Waals surface area contributed by atoms with E-state index in [1.54, 1.807) is 0 Å². The highest BCUT2D eigenvalue weighted by molar-refractivity contribution is 5.91. The molecular formula is C19H21F2N2O+. The maximum absolute atomic E-state index is 13.6. The second-order valence-electron chi connectivity index (χ2n) is 6.31. The van der Waals surface area contributed by atoms with Gasteiger partial charge >= 0.3 is 0 Å². The number of quaternary nitrogens is 1. The number of amides is 1. The summed E-state index contributed by atoms with van der Waals surface area (Å²) in [5.74, 6) is -1.91. The van der Waals surface area contributed by atoms with Crippen LogP contribution in [0.25, 0.3) is 0 Å². The highest BCUT2D eigenvalue weighted by atomic mass is 19.1. The number of anilines is 1. The van der Waals surface area contributed by atoms with Crippen LogP contribution in [0, 0.1) is 11.6 Å². The van der Waals surface area contributed by atoms with Crippen LogP contribution in [0.3, 0.4) is 0 Å². The van der Waals surface area contributed by atoms with E-state index in [1.165, 1.54) is 17.2 Å². The molecule has 2 aromatic carbocycles. The molecule has 5 heteroatoms. The lowest BCUT2D eigenvalue weighted by Crippen LogP contribution is -3.10. The van der Waals surface area contributed by atoms with Crippen LogP contribution in [0.4, 0.5) is 14.5 Å². The van der Waals surface area contributed by atoms with Crippen LogP contribution in [0.2, 0.25) is 0 Å². The first-order valence-electron chi connectivity index (χ1n) is 8.20. The van der Waals surface area contributed by atoms with Crippen LogP contribution >= 0.6 is 0 Å². The lowest BCUT2D eigenvalue weighted by atomic mass is 9.87. The zero-order valence-corrected chi connectivity index (χ0v) is 13.6. The quantitative estimate of drug-likeness (QED) is 0.887. The first-order chi connectivity index (χ1) is 11.6. The summed E-state index contributed by atoms with van der Waals surface area (Å²) in [6.07, 6.45) is 3.15. The van der Waals surface area contributed by atoms with Gasteiger partial charge in [0.2, 0.25) is 0 Å². The number of para-hydroxylation sites is 1. The van der Waals surface area contributed by atoms with E-state index in [9.17, 15) is 13.6 Å². The Morgan fingerprint density at radius 1 is 1.17 bits per heavy atom. The lowest BCUT2D eigenvalue weighted by Gasteiger charge is -2.30. The van der Waals surface area contributed by atoms with Crippen molar-refractivity contribution in [3.05, 3.63) is 65.2 Å². The first-order valence-corrected chi connectivity index (χ1v) is 8.20. The van der Waals surface area contributed by atoms with Crippen LogP contribution in [-0.2, 0) is 11.2 Å². The number of hydrogen-bond donors (Lipinski definition) is 2. The molecule has 2 atom stereocenters. The minimum absolute atomic E-state index is 0.159. The molecule has 1 aliphatic rings. The lowest BCUT2D eigenvalue weighted by molar-refractivity contribution is -0.905. The minimum Gasteiger partial charge on any atom is -0.323 e. The van der Waals surface area contributed by atoms with Gasteiger partial charge in [0.25, 0.3) is 5.91 Å². The van der Waals surface area contributed by atoms with Gasteiger partial charge < -0.3 is 10.2 Å². The van der Waals surface area contributed by atoms with Crippen molar-refractivity contribution in [1.82, 2.24) is 0 Å². The number of rotatable bonds is 4. The van der Waals surface area contributed by atoms with Crippen molar-refractivity contribution in [3.8, 4) is 0 Å². The Morgan fingerprint density at radius 2 is 1.88 bits per heavy atom. The third-order valence-corrected chi connectivity index (χ3v) is 4.63. The van der Waals surface area contributed by atoms with E-state index < -0.39 is 11.6 Å². The third-order valence-electron chi connectivity index (χ3n) is 4.63. The van der Waals surface area contributed by atoms with Gasteiger partial charge in [-0.2, -0.15) is 0 Å². The van der Waals surface area contributed by atoms with Gasteiger partial charge in [-0.15, -0.1) is 0 Å². The number of likely N-dealkylation sites (N-methyl/N-ethyl adjacent to an activating group) is 1. The Labute approximate surface area is 140 Å². The van der Waals surface area contributed by atoms with Crippen LogP contribution in [0.15, 0.2) is 42.5 Å². The van der Waals surface area contributed by atoms with E-state index in [0.717, 1.165) is 36.3 Å². The average Bonchev–Trinajstić information content (AvgIpc) is 2.57. The molecule has 3 rings (SSSR count). The number of halogens is 2. The van der Waals surface area contributed by atoms with E-state index in [0.29, 0.717) is 0 Å². The molecule has 1 aliphatic carbocycles. The number of nitrogens with one attached hydrogen (secondary N) is 2. The molecule has 2 N–H and O–H groups in total. The predicted molar refractivity (Wildman–Crippen MR) is 88.9 cm³/mol. The van der Waals surface area contributed by atoms with Crippen LogP contribution < -0.4 is 10.2 Å². The fraction of sp³-hybridized carbons (Fsp3) is 0.316. The van der Waals surface area contributed by atoms with Gasteiger partial charge in [0.05, 0.1) is 7.05 Å². The maximum atomic E-state index is 13.6. The number of aryl methyl sites for hydroxylation is 1. The summed E-state index contributed by atoms with van der Waals surface area (Å²) in [6, 6.07) is 12.0. The number of carbonyl (C=O) groups excluding carboxylic acids is 1. The van der Waals surface area contributed by atoms with Gasteiger partial charge in [-0.25, -0.2) is 8.78 Å². The van der Waals surface area contributed by atoms with Crippen molar-refractivity contribution < 1.29 is 18.5 Å². The zero-order chi connectivity index (χ0) is 17.1. The summed E-state index contributed by atoms with van der Waals surface area (Å²) >= 11 is 0. The summed E-state index contributed by atoms with van der Waals surface area (Å²) in [7, 11) is 1.95. The smallest absolute Gasteiger partial charge is 0.279 e. The Kier molecular flexibility index (Phi) is 4.90. The van der Waals surface area contributed by atoms with Gasteiger partial charge in [0, 0.05) is 12.0 Å². The zero-order valence-electron chi connectivity index (χ0n) is 13.6. The topological polar surface area (TPSA) is 33.5 Å². The van der Waals surface area contributed by atoms with Gasteiger partial charge in [-0.1, -0.05) is 30.3 Å². The number of fused-ring (bicyclic) bond motifs is 1. The first kappa shape index (κ1) is 16.6. The Hall–Kier alpha value is -2.27. The summed E-state index contributed by atoms with van der Waals surface area (Å²) in [4.78, 5) is 13.2. The fourth-order valence-corrected chi connectivity index (χ4v) is 3.44. The summed E-state index contributed by atoms with van der Waals surface area (Å²) < 4.78 is 27.3. The molecule has 3 nitrogen and oxygen atoms in total. The average molecular weight is 331 g/mol. The second kappa shape index (κ2) is 7.09. The molecule has 126 valence electrons. The second-order valence-corrected chi connectivity index (χ2v) is 6.31. The van der Waals surface area contributed by atoms with E-state index in [1.807, 2.05) is 19.2 Å². The molecule has 2 aromatic rings. The van der Waals surface area contributed by atoms with Crippen molar-refractivity contribution in [3.63, 3.8) is 0 Å². The standard InChI is InChI=1S/C19H20F2N2O/c1-23(17-11-4-7-13-6-2-3-8-14(13)17)12-18(24)22-19-15(20)9-5-10-16(19)21/h2-3,5-6,8-10,17H,4,7,11-12H2,1H3,(H,22,24)/p+1/t17-/m0/s1. The van der Waals surface area contributed by atoms with Crippen molar-refractivity contribution >= 4 is 11.6 Å². The Morgan fingerprint density at radius 3 is 2.62 bits per heavy atom. The highest BCUT2D eigenvalue weighted by Gasteiger charge is 2.28. The molecular weight excluding hydrogens is 310 g/mol. The van der Waals surface area contributed by atoms with Gasteiger partial charge in [0.15, 0.2) is 6.54 Å². The van der Waals surface area contributed by atoms with Crippen molar-refractivity contribution in [2.75, 3.05) is 18.9 Å². The molecule has 0 aromatic heterocycles. The largest absolute Gasteiger partial charge is 0.323 e. The molecule has 0 saturated carbocycles. The van der Waals surface area contributed by atoms with E-state index in [2.05, 4.69) is 17.4 Å². The van der Waals surface area contributed by atoms with E-state index in [-0.39, 0.29) is 24.2 Å². The van der Waals surface area contributed by atoms with E-state index in [4.69, 9.17) is 0 Å². The van der Waals surface area contributed by atoms with E-state index >= 15 is 0 Å². The molecule has 0 bridgehead atoms. The number of benzene rings is 2. The SMILES string of the molecule is C[NH+](CC(=O)Nc1c(F)cccc1F)[C@H]1CCCc2ccccc21. The van der Waals surface area contributed by atoms with Crippen molar-refractivity contribution in [1.29, 1.82) is 0 Å². The fourth-order valence-electron chi connectivity index (χ4n) is 3.44. The van der Waals surface area contributed by atoms with Crippen molar-refractivity contribution in [2.45, 2.75) is 25.3 Å². The summed E-state index contributed by atoms with van der Waals surface area (Å²) in [5.41, 5.74) is 2.22. The molecule has 0 spiro atoms. The normalized spacial score (nSPS) is 17.9. The predicted octanol–water partition coefficient (Wildman–Crippen LogP) is 2.50. The molecule has 0 fully saturated rings. The van der Waals surface area contributed by atoms with Gasteiger partial charge in [0.1, 0.15) is 23.4 Å². The molecule has 1 amide bonds. The number of hydrogen-bond acceptors (Lipinski definition) is 1. The Balaban J connectivity index is 1.69. The van der Waals surface area contributed by atoms with Crippen LogP contribution in [0.5, 0.6) is 0 Å². The summed E-state index contributed by atoms with van der Waals surface area (Å²) in [6.45, 7) is 0.159.